The number of aromatic nitrogens is 3. The summed E-state index contributed by atoms with van der Waals surface area (Å²) in [5, 5.41) is 16.8. The highest BCUT2D eigenvalue weighted by molar-refractivity contribution is 7.17. The average molecular weight is 291 g/mol. The normalized spacial score (nSPS) is 11.3. The maximum atomic E-state index is 12.3. The van der Waals surface area contributed by atoms with Gasteiger partial charge in [-0.05, 0) is 17.5 Å². The van der Waals surface area contributed by atoms with Crippen molar-refractivity contribution in [3.63, 3.8) is 0 Å². The molecule has 0 aromatic carbocycles. The van der Waals surface area contributed by atoms with Crippen LogP contribution in [0.15, 0.2) is 22.3 Å². The van der Waals surface area contributed by atoms with E-state index in [1.165, 1.54) is 11.3 Å². The van der Waals surface area contributed by atoms with E-state index in [1.54, 1.807) is 29.5 Å². The Balaban J connectivity index is 2.44. The van der Waals surface area contributed by atoms with Crippen molar-refractivity contribution in [2.75, 3.05) is 19.0 Å². The highest BCUT2D eigenvalue weighted by atomic mass is 32.1. The van der Waals surface area contributed by atoms with Gasteiger partial charge in [0.15, 0.2) is 0 Å². The molecule has 3 aromatic heterocycles. The monoisotopic (exact) mass is 291 g/mol. The van der Waals surface area contributed by atoms with E-state index >= 15 is 0 Å². The summed E-state index contributed by atoms with van der Waals surface area (Å²) in [5.41, 5.74) is 0.855. The molecular weight excluding hydrogens is 280 g/mol. The number of carbonyl (C=O) groups excluding carboxylic acids is 1. The summed E-state index contributed by atoms with van der Waals surface area (Å²) in [6.45, 7) is -0.561. The van der Waals surface area contributed by atoms with Crippen LogP contribution in [0.5, 0.6) is 0 Å². The Labute approximate surface area is 117 Å². The van der Waals surface area contributed by atoms with Crippen LogP contribution < -0.4 is 15.6 Å². The van der Waals surface area contributed by atoms with Crippen molar-refractivity contribution in [2.24, 2.45) is 0 Å². The first-order valence-corrected chi connectivity index (χ1v) is 6.74. The minimum Gasteiger partial charge on any atom is -0.548 e. The molecule has 0 saturated carbocycles. The third-order valence-electron chi connectivity index (χ3n) is 2.97. The van der Waals surface area contributed by atoms with Crippen molar-refractivity contribution in [1.82, 2.24) is 14.2 Å². The number of carboxylic acids is 1. The number of rotatable bonds is 3. The molecule has 0 spiro atoms. The molecule has 7 nitrogen and oxygen atoms in total. The predicted molar refractivity (Wildman–Crippen MR) is 74.2 cm³/mol. The summed E-state index contributed by atoms with van der Waals surface area (Å²) in [6, 6.07) is 3.66. The Morgan fingerprint density at radius 3 is 2.85 bits per heavy atom. The van der Waals surface area contributed by atoms with Gasteiger partial charge in [-0.15, -0.1) is 16.4 Å². The molecule has 20 heavy (non-hydrogen) atoms. The average Bonchev–Trinajstić information content (AvgIpc) is 2.92. The topological polar surface area (TPSA) is 82.7 Å². The van der Waals surface area contributed by atoms with Gasteiger partial charge in [-0.1, -0.05) is 0 Å². The molecule has 0 bridgehead atoms. The van der Waals surface area contributed by atoms with Gasteiger partial charge in [0, 0.05) is 14.1 Å². The number of nitrogens with zero attached hydrogens (tertiary/aromatic N) is 4. The number of carbonyl (C=O) groups is 1. The Morgan fingerprint density at radius 1 is 1.45 bits per heavy atom. The van der Waals surface area contributed by atoms with Crippen LogP contribution in [0, 0.1) is 0 Å². The van der Waals surface area contributed by atoms with Crippen LogP contribution in [0.25, 0.3) is 15.7 Å². The maximum absolute atomic E-state index is 12.3. The summed E-state index contributed by atoms with van der Waals surface area (Å²) in [6.07, 6.45) is 0. The first kappa shape index (κ1) is 12.7. The Kier molecular flexibility index (Phi) is 2.75. The van der Waals surface area contributed by atoms with Gasteiger partial charge in [-0.25, -0.2) is 4.68 Å². The van der Waals surface area contributed by atoms with Crippen LogP contribution >= 0.6 is 11.3 Å². The molecule has 0 aliphatic carbocycles. The quantitative estimate of drug-likeness (QED) is 0.651. The molecule has 0 aliphatic rings. The number of thiophene rings is 1. The zero-order chi connectivity index (χ0) is 14.4. The maximum Gasteiger partial charge on any atom is 0.291 e. The van der Waals surface area contributed by atoms with E-state index < -0.39 is 18.1 Å². The molecule has 0 radical (unpaired) electrons. The minimum atomic E-state index is -1.35. The molecule has 0 saturated heterocycles. The second-order valence-corrected chi connectivity index (χ2v) is 5.51. The first-order valence-electron chi connectivity index (χ1n) is 5.86. The van der Waals surface area contributed by atoms with Gasteiger partial charge < -0.3 is 14.8 Å². The van der Waals surface area contributed by atoms with Crippen LogP contribution in [-0.2, 0) is 11.3 Å². The fourth-order valence-corrected chi connectivity index (χ4v) is 2.95. The molecular formula is C12H11N4O3S-. The zero-order valence-electron chi connectivity index (χ0n) is 10.9. The lowest BCUT2D eigenvalue weighted by atomic mass is 10.5. The van der Waals surface area contributed by atoms with Crippen molar-refractivity contribution in [3.8, 4) is 0 Å². The van der Waals surface area contributed by atoms with Gasteiger partial charge in [0.05, 0.1) is 22.7 Å². The second kappa shape index (κ2) is 4.34. The fraction of sp³-hybridized carbons (Fsp3) is 0.250. The molecule has 0 fully saturated rings. The number of fused-ring (bicyclic) bond motifs is 3. The third-order valence-corrected chi connectivity index (χ3v) is 3.82. The van der Waals surface area contributed by atoms with Crippen LogP contribution in [0.1, 0.15) is 0 Å². The first-order chi connectivity index (χ1) is 9.49. The van der Waals surface area contributed by atoms with Crippen molar-refractivity contribution < 1.29 is 9.90 Å². The summed E-state index contributed by atoms with van der Waals surface area (Å²) in [7, 11) is 3.57. The summed E-state index contributed by atoms with van der Waals surface area (Å²) in [5.74, 6) is -0.851. The Bertz CT molecular complexity index is 874. The van der Waals surface area contributed by atoms with Crippen molar-refractivity contribution in [3.05, 3.63) is 27.9 Å². The van der Waals surface area contributed by atoms with E-state index in [-0.39, 0.29) is 0 Å². The predicted octanol–water partition coefficient (Wildman–Crippen LogP) is -0.473. The van der Waals surface area contributed by atoms with Gasteiger partial charge in [0.2, 0.25) is 5.95 Å². The molecule has 3 rings (SSSR count). The van der Waals surface area contributed by atoms with Crippen LogP contribution in [0.4, 0.5) is 5.95 Å². The molecule has 3 aromatic rings. The lowest BCUT2D eigenvalue weighted by Crippen LogP contribution is -2.36. The number of hydrogen-bond acceptors (Lipinski definition) is 6. The van der Waals surface area contributed by atoms with E-state index in [9.17, 15) is 14.7 Å². The standard InChI is InChI=1S/C12H12N4O3S/c1-14(2)12-13-15(6-10(17)18)11(19)8-5-9-7(16(8)12)3-4-20-9/h3-5H,6H2,1-2H3,(H,17,18)/p-1. The van der Waals surface area contributed by atoms with E-state index in [0.29, 0.717) is 11.5 Å². The number of aliphatic carboxylic acids is 1. The SMILES string of the molecule is CN(C)c1nn(CC(=O)[O-])c(=O)c2cc3sccc3n12. The molecule has 0 atom stereocenters. The largest absolute Gasteiger partial charge is 0.548 e. The molecule has 104 valence electrons. The second-order valence-electron chi connectivity index (χ2n) is 4.56. The molecule has 8 heteroatoms. The summed E-state index contributed by atoms with van der Waals surface area (Å²) >= 11 is 1.52. The van der Waals surface area contributed by atoms with Crippen molar-refractivity contribution >= 4 is 39.0 Å². The summed E-state index contributed by atoms with van der Waals surface area (Å²) < 4.78 is 3.61. The Morgan fingerprint density at radius 2 is 2.20 bits per heavy atom. The van der Waals surface area contributed by atoms with Crippen LogP contribution in [0.2, 0.25) is 0 Å². The smallest absolute Gasteiger partial charge is 0.291 e. The van der Waals surface area contributed by atoms with Gasteiger partial charge >= 0.3 is 0 Å². The Hall–Kier alpha value is -2.35. The lowest BCUT2D eigenvalue weighted by Gasteiger charge is -2.16. The molecule has 0 N–H and O–H groups in total. The van der Waals surface area contributed by atoms with E-state index in [0.717, 1.165) is 14.9 Å². The van der Waals surface area contributed by atoms with Gasteiger partial charge in [0.25, 0.3) is 5.56 Å². The van der Waals surface area contributed by atoms with Crippen molar-refractivity contribution in [1.29, 1.82) is 0 Å². The molecule has 0 amide bonds. The van der Waals surface area contributed by atoms with Gasteiger partial charge in [-0.3, -0.25) is 9.20 Å². The van der Waals surface area contributed by atoms with E-state index in [4.69, 9.17) is 0 Å². The van der Waals surface area contributed by atoms with Crippen LogP contribution in [0.3, 0.4) is 0 Å². The number of hydrogen-bond donors (Lipinski definition) is 0. The fourth-order valence-electron chi connectivity index (χ4n) is 2.15. The minimum absolute atomic E-state index is 0.409. The number of carboxylic acid groups (broad SMARTS) is 1. The molecule has 0 unspecified atom stereocenters. The van der Waals surface area contributed by atoms with Gasteiger partial charge in [0.1, 0.15) is 5.52 Å². The molecule has 3 heterocycles. The number of anilines is 1. The molecule has 0 aliphatic heterocycles. The summed E-state index contributed by atoms with van der Waals surface area (Å²) in [4.78, 5) is 24.7. The van der Waals surface area contributed by atoms with Crippen molar-refractivity contribution in [2.45, 2.75) is 6.54 Å². The lowest BCUT2D eigenvalue weighted by molar-refractivity contribution is -0.306. The van der Waals surface area contributed by atoms with Crippen LogP contribution in [-0.4, -0.2) is 34.2 Å². The van der Waals surface area contributed by atoms with E-state index in [2.05, 4.69) is 5.10 Å². The van der Waals surface area contributed by atoms with Gasteiger partial charge in [-0.2, -0.15) is 0 Å². The third kappa shape index (κ3) is 1.76. The zero-order valence-corrected chi connectivity index (χ0v) is 11.7. The van der Waals surface area contributed by atoms with E-state index in [1.807, 2.05) is 11.4 Å². The highest BCUT2D eigenvalue weighted by Gasteiger charge is 2.16. The highest BCUT2D eigenvalue weighted by Crippen LogP contribution is 2.26.